The van der Waals surface area contributed by atoms with E-state index in [1.807, 2.05) is 12.1 Å². The molecule has 0 N–H and O–H groups in total. The predicted molar refractivity (Wildman–Crippen MR) is 78.0 cm³/mol. The fraction of sp³-hybridized carbons (Fsp3) is 0.471. The van der Waals surface area contributed by atoms with Gasteiger partial charge in [-0.3, -0.25) is 0 Å². The lowest BCUT2D eigenvalue weighted by molar-refractivity contribution is 0.0601. The lowest BCUT2D eigenvalue weighted by atomic mass is 10.0. The van der Waals surface area contributed by atoms with Gasteiger partial charge in [-0.15, -0.1) is 0 Å². The summed E-state index contributed by atoms with van der Waals surface area (Å²) in [6.45, 7) is 4.37. The van der Waals surface area contributed by atoms with E-state index in [4.69, 9.17) is 0 Å². The van der Waals surface area contributed by atoms with Crippen molar-refractivity contribution in [2.45, 2.75) is 39.5 Å². The number of esters is 1. The van der Waals surface area contributed by atoms with Crippen LogP contribution in [0.3, 0.4) is 0 Å². The third-order valence-electron chi connectivity index (χ3n) is 3.01. The summed E-state index contributed by atoms with van der Waals surface area (Å²) >= 11 is 0. The molecule has 102 valence electrons. The lowest BCUT2D eigenvalue weighted by Crippen LogP contribution is -2.00. The van der Waals surface area contributed by atoms with Crippen molar-refractivity contribution in [1.29, 1.82) is 0 Å². The van der Waals surface area contributed by atoms with E-state index >= 15 is 0 Å². The van der Waals surface area contributed by atoms with Crippen molar-refractivity contribution in [2.24, 2.45) is 5.92 Å². The predicted octanol–water partition coefficient (Wildman–Crippen LogP) is 4.04. The first-order valence-corrected chi connectivity index (χ1v) is 6.87. The van der Waals surface area contributed by atoms with Gasteiger partial charge in [0.2, 0.25) is 0 Å². The van der Waals surface area contributed by atoms with Crippen LogP contribution < -0.4 is 0 Å². The topological polar surface area (TPSA) is 26.3 Å². The average molecular weight is 258 g/mol. The minimum atomic E-state index is -0.313. The maximum absolute atomic E-state index is 11.3. The summed E-state index contributed by atoms with van der Waals surface area (Å²) in [7, 11) is 1.38. The van der Waals surface area contributed by atoms with E-state index < -0.39 is 0 Å². The number of methoxy groups -OCH3 is 1. The monoisotopic (exact) mass is 258 g/mol. The van der Waals surface area contributed by atoms with Crippen LogP contribution in [0, 0.1) is 17.8 Å². The molecule has 0 amide bonds. The maximum atomic E-state index is 11.3. The minimum Gasteiger partial charge on any atom is -0.465 e. The van der Waals surface area contributed by atoms with Crippen molar-refractivity contribution in [3.8, 4) is 11.8 Å². The van der Waals surface area contributed by atoms with E-state index in [1.165, 1.54) is 26.4 Å². The highest BCUT2D eigenvalue weighted by Gasteiger charge is 2.03. The Morgan fingerprint density at radius 3 is 2.53 bits per heavy atom. The molecule has 19 heavy (non-hydrogen) atoms. The van der Waals surface area contributed by atoms with Crippen LogP contribution in [0.2, 0.25) is 0 Å². The van der Waals surface area contributed by atoms with Gasteiger partial charge in [0.15, 0.2) is 0 Å². The molecule has 0 fully saturated rings. The first-order chi connectivity index (χ1) is 9.17. The Kier molecular flexibility index (Phi) is 6.74. The summed E-state index contributed by atoms with van der Waals surface area (Å²) in [6, 6.07) is 7.21. The third-order valence-corrected chi connectivity index (χ3v) is 3.01. The molecule has 2 heteroatoms. The number of rotatable bonds is 5. The Labute approximate surface area is 116 Å². The van der Waals surface area contributed by atoms with Crippen LogP contribution in [0.1, 0.15) is 55.5 Å². The number of carbonyl (C=O) groups excluding carboxylic acids is 1. The zero-order valence-corrected chi connectivity index (χ0v) is 12.0. The van der Waals surface area contributed by atoms with Crippen LogP contribution in [0.25, 0.3) is 0 Å². The number of ether oxygens (including phenoxy) is 1. The maximum Gasteiger partial charge on any atom is 0.337 e. The SMILES string of the molecule is CCCCCC(C)C#Cc1ccc(C(=O)OC)cc1. The van der Waals surface area contributed by atoms with Crippen molar-refractivity contribution >= 4 is 5.97 Å². The van der Waals surface area contributed by atoms with Gasteiger partial charge < -0.3 is 4.74 Å². The molecule has 0 heterocycles. The van der Waals surface area contributed by atoms with Crippen molar-refractivity contribution in [3.05, 3.63) is 35.4 Å². The molecule has 1 rings (SSSR count). The molecule has 0 saturated heterocycles. The molecule has 2 nitrogen and oxygen atoms in total. The summed E-state index contributed by atoms with van der Waals surface area (Å²) in [5.74, 6) is 6.52. The second-order valence-corrected chi connectivity index (χ2v) is 4.74. The second-order valence-electron chi connectivity index (χ2n) is 4.74. The zero-order chi connectivity index (χ0) is 14.1. The van der Waals surface area contributed by atoms with Crippen LogP contribution >= 0.6 is 0 Å². The smallest absolute Gasteiger partial charge is 0.337 e. The highest BCUT2D eigenvalue weighted by atomic mass is 16.5. The Bertz CT molecular complexity index is 448. The first kappa shape index (κ1) is 15.3. The summed E-state index contributed by atoms with van der Waals surface area (Å²) < 4.78 is 4.65. The van der Waals surface area contributed by atoms with Gasteiger partial charge in [0.25, 0.3) is 0 Å². The summed E-state index contributed by atoms with van der Waals surface area (Å²) in [6.07, 6.45) is 4.92. The average Bonchev–Trinajstić information content (AvgIpc) is 2.45. The highest BCUT2D eigenvalue weighted by molar-refractivity contribution is 5.89. The Hall–Kier alpha value is -1.75. The van der Waals surface area contributed by atoms with Gasteiger partial charge in [-0.2, -0.15) is 0 Å². The van der Waals surface area contributed by atoms with Crippen LogP contribution in [-0.2, 0) is 4.74 Å². The number of unbranched alkanes of at least 4 members (excludes halogenated alkanes) is 2. The highest BCUT2D eigenvalue weighted by Crippen LogP contribution is 2.09. The lowest BCUT2D eigenvalue weighted by Gasteiger charge is -2.02. The Morgan fingerprint density at radius 1 is 1.26 bits per heavy atom. The normalized spacial score (nSPS) is 11.3. The third kappa shape index (κ3) is 5.61. The quantitative estimate of drug-likeness (QED) is 0.452. The number of carbonyl (C=O) groups is 1. The van der Waals surface area contributed by atoms with Gasteiger partial charge in [0.1, 0.15) is 0 Å². The number of hydrogen-bond acceptors (Lipinski definition) is 2. The molecule has 1 aromatic rings. The Morgan fingerprint density at radius 2 is 1.95 bits per heavy atom. The van der Waals surface area contributed by atoms with Gasteiger partial charge in [-0.25, -0.2) is 4.79 Å². The Balaban J connectivity index is 2.55. The van der Waals surface area contributed by atoms with E-state index in [9.17, 15) is 4.79 Å². The number of benzene rings is 1. The van der Waals surface area contributed by atoms with E-state index in [0.717, 1.165) is 12.0 Å². The first-order valence-electron chi connectivity index (χ1n) is 6.87. The molecular formula is C17H22O2. The van der Waals surface area contributed by atoms with Crippen LogP contribution in [0.15, 0.2) is 24.3 Å². The minimum absolute atomic E-state index is 0.313. The summed E-state index contributed by atoms with van der Waals surface area (Å²) in [4.78, 5) is 11.3. The van der Waals surface area contributed by atoms with Gasteiger partial charge >= 0.3 is 5.97 Å². The van der Waals surface area contributed by atoms with Gasteiger partial charge in [-0.1, -0.05) is 45.0 Å². The second kappa shape index (κ2) is 8.37. The molecule has 1 unspecified atom stereocenters. The van der Waals surface area contributed by atoms with Gasteiger partial charge in [0.05, 0.1) is 12.7 Å². The molecule has 0 radical (unpaired) electrons. The summed E-state index contributed by atoms with van der Waals surface area (Å²) in [5, 5.41) is 0. The van der Waals surface area contributed by atoms with Crippen LogP contribution in [0.5, 0.6) is 0 Å². The largest absolute Gasteiger partial charge is 0.465 e. The molecule has 0 aromatic heterocycles. The summed E-state index contributed by atoms with van der Waals surface area (Å²) in [5.41, 5.74) is 1.50. The van der Waals surface area contributed by atoms with Crippen molar-refractivity contribution in [3.63, 3.8) is 0 Å². The molecule has 0 aliphatic rings. The van der Waals surface area contributed by atoms with E-state index in [1.54, 1.807) is 12.1 Å². The molecule has 0 aliphatic heterocycles. The molecule has 1 atom stereocenters. The van der Waals surface area contributed by atoms with Crippen molar-refractivity contribution in [1.82, 2.24) is 0 Å². The number of hydrogen-bond donors (Lipinski definition) is 0. The standard InChI is InChI=1S/C17H22O2/c1-4-5-6-7-14(2)8-9-15-10-12-16(13-11-15)17(18)19-3/h10-14H,4-7H2,1-3H3. The van der Waals surface area contributed by atoms with Gasteiger partial charge in [0, 0.05) is 11.5 Å². The molecule has 0 bridgehead atoms. The molecule has 0 spiro atoms. The molecular weight excluding hydrogens is 236 g/mol. The fourth-order valence-corrected chi connectivity index (χ4v) is 1.79. The molecule has 0 aliphatic carbocycles. The van der Waals surface area contributed by atoms with Crippen molar-refractivity contribution < 1.29 is 9.53 Å². The van der Waals surface area contributed by atoms with E-state index in [-0.39, 0.29) is 5.97 Å². The van der Waals surface area contributed by atoms with E-state index in [0.29, 0.717) is 11.5 Å². The van der Waals surface area contributed by atoms with Gasteiger partial charge in [-0.05, 0) is 30.7 Å². The van der Waals surface area contributed by atoms with Crippen molar-refractivity contribution in [2.75, 3.05) is 7.11 Å². The van der Waals surface area contributed by atoms with E-state index in [2.05, 4.69) is 30.4 Å². The fourth-order valence-electron chi connectivity index (χ4n) is 1.79. The molecule has 0 saturated carbocycles. The molecule has 1 aromatic carbocycles. The zero-order valence-electron chi connectivity index (χ0n) is 12.0. The van der Waals surface area contributed by atoms with Crippen LogP contribution in [-0.4, -0.2) is 13.1 Å². The van der Waals surface area contributed by atoms with Crippen LogP contribution in [0.4, 0.5) is 0 Å².